The molecule has 0 amide bonds. The molecule has 0 saturated heterocycles. The van der Waals surface area contributed by atoms with Crippen molar-refractivity contribution in [2.24, 2.45) is 11.8 Å². The lowest BCUT2D eigenvalue weighted by Gasteiger charge is -2.38. The van der Waals surface area contributed by atoms with Gasteiger partial charge in [0.05, 0.1) is 10.8 Å². The molecule has 4 atom stereocenters. The highest BCUT2D eigenvalue weighted by atomic mass is 35.5. The zero-order chi connectivity index (χ0) is 7.14. The Labute approximate surface area is 71.2 Å². The number of alkyl halides is 2. The molecule has 1 saturated carbocycles. The Morgan fingerprint density at radius 1 is 0.900 bits per heavy atom. The first-order chi connectivity index (χ1) is 4.79. The quantitative estimate of drug-likeness (QED) is 0.394. The minimum Gasteiger partial charge on any atom is -0.121 e. The summed E-state index contributed by atoms with van der Waals surface area (Å²) < 4.78 is 0. The second-order valence-electron chi connectivity index (χ2n) is 3.18. The number of rotatable bonds is 0. The predicted molar refractivity (Wildman–Crippen MR) is 44.6 cm³/mol. The second-order valence-corrected chi connectivity index (χ2v) is 4.19. The zero-order valence-electron chi connectivity index (χ0n) is 5.63. The fourth-order valence-corrected chi connectivity index (χ4v) is 2.66. The van der Waals surface area contributed by atoms with Crippen molar-refractivity contribution in [2.45, 2.75) is 23.6 Å². The summed E-state index contributed by atoms with van der Waals surface area (Å²) in [5, 5.41) is 0.371. The Kier molecular flexibility index (Phi) is 1.69. The maximum atomic E-state index is 6.08. The molecular formula is C8H10Cl2. The first-order valence-electron chi connectivity index (χ1n) is 3.75. The van der Waals surface area contributed by atoms with Crippen LogP contribution in [-0.2, 0) is 0 Å². The Balaban J connectivity index is 2.25. The third-order valence-corrected chi connectivity index (χ3v) is 3.88. The molecule has 0 aliphatic heterocycles. The van der Waals surface area contributed by atoms with Crippen LogP contribution in [0, 0.1) is 11.8 Å². The molecule has 3 aliphatic carbocycles. The van der Waals surface area contributed by atoms with Crippen molar-refractivity contribution < 1.29 is 0 Å². The highest BCUT2D eigenvalue weighted by Gasteiger charge is 2.38. The lowest BCUT2D eigenvalue weighted by molar-refractivity contribution is 0.342. The van der Waals surface area contributed by atoms with Gasteiger partial charge in [-0.1, -0.05) is 12.2 Å². The molecule has 0 heterocycles. The molecule has 0 aromatic rings. The second kappa shape index (κ2) is 2.42. The van der Waals surface area contributed by atoms with Crippen molar-refractivity contribution in [2.75, 3.05) is 0 Å². The third-order valence-electron chi connectivity index (χ3n) is 2.56. The molecule has 3 aliphatic rings. The molecule has 4 unspecified atom stereocenters. The van der Waals surface area contributed by atoms with Crippen LogP contribution >= 0.6 is 23.2 Å². The van der Waals surface area contributed by atoms with E-state index in [4.69, 9.17) is 23.2 Å². The number of hydrogen-bond donors (Lipinski definition) is 0. The van der Waals surface area contributed by atoms with Gasteiger partial charge in [0.2, 0.25) is 0 Å². The summed E-state index contributed by atoms with van der Waals surface area (Å²) >= 11 is 12.2. The minimum atomic E-state index is 0.186. The van der Waals surface area contributed by atoms with Crippen molar-refractivity contribution in [3.8, 4) is 0 Å². The average molecular weight is 177 g/mol. The fraction of sp³-hybridized carbons (Fsp3) is 0.750. The standard InChI is InChI=1S/C8H10Cl2/c9-7-5-1-2-6(4-3-5)8(7)10/h1-2,5-8H,3-4H2. The van der Waals surface area contributed by atoms with Crippen LogP contribution < -0.4 is 0 Å². The average Bonchev–Trinajstić information content (AvgIpc) is 2.00. The molecule has 0 spiro atoms. The Morgan fingerprint density at radius 2 is 1.30 bits per heavy atom. The van der Waals surface area contributed by atoms with Gasteiger partial charge in [-0.25, -0.2) is 0 Å². The van der Waals surface area contributed by atoms with Crippen LogP contribution in [0.1, 0.15) is 12.8 Å². The molecule has 0 aromatic heterocycles. The molecule has 0 radical (unpaired) electrons. The molecule has 3 rings (SSSR count). The van der Waals surface area contributed by atoms with Crippen LogP contribution in [0.15, 0.2) is 12.2 Å². The van der Waals surface area contributed by atoms with Crippen LogP contribution in [-0.4, -0.2) is 10.8 Å². The Morgan fingerprint density at radius 3 is 1.50 bits per heavy atom. The van der Waals surface area contributed by atoms with Crippen LogP contribution in [0.25, 0.3) is 0 Å². The van der Waals surface area contributed by atoms with Gasteiger partial charge >= 0.3 is 0 Å². The summed E-state index contributed by atoms with van der Waals surface area (Å²) in [6, 6.07) is 0. The van der Waals surface area contributed by atoms with E-state index in [1.54, 1.807) is 0 Å². The van der Waals surface area contributed by atoms with E-state index in [0.29, 0.717) is 11.8 Å². The molecule has 0 aromatic carbocycles. The number of hydrogen-bond acceptors (Lipinski definition) is 0. The maximum Gasteiger partial charge on any atom is 0.0568 e. The molecule has 2 heteroatoms. The molecule has 2 bridgehead atoms. The largest absolute Gasteiger partial charge is 0.121 e. The number of allylic oxidation sites excluding steroid dienone is 2. The Bertz CT molecular complexity index is 147. The van der Waals surface area contributed by atoms with Gasteiger partial charge in [0.15, 0.2) is 0 Å². The normalized spacial score (nSPS) is 51.8. The van der Waals surface area contributed by atoms with E-state index in [2.05, 4.69) is 12.2 Å². The van der Waals surface area contributed by atoms with E-state index in [-0.39, 0.29) is 10.8 Å². The SMILES string of the molecule is ClC1C2C=CC(CC2)C1Cl. The first-order valence-corrected chi connectivity index (χ1v) is 4.63. The first kappa shape index (κ1) is 7.00. The third kappa shape index (κ3) is 0.895. The van der Waals surface area contributed by atoms with E-state index < -0.39 is 0 Å². The van der Waals surface area contributed by atoms with Crippen molar-refractivity contribution in [1.82, 2.24) is 0 Å². The van der Waals surface area contributed by atoms with E-state index in [1.807, 2.05) is 0 Å². The van der Waals surface area contributed by atoms with Crippen LogP contribution in [0.5, 0.6) is 0 Å². The Hall–Kier alpha value is 0.320. The van der Waals surface area contributed by atoms with Crippen LogP contribution in [0.2, 0.25) is 0 Å². The lowest BCUT2D eigenvalue weighted by Crippen LogP contribution is -2.38. The summed E-state index contributed by atoms with van der Waals surface area (Å²) in [6.45, 7) is 0. The summed E-state index contributed by atoms with van der Waals surface area (Å²) in [4.78, 5) is 0. The molecule has 0 nitrogen and oxygen atoms in total. The smallest absolute Gasteiger partial charge is 0.0568 e. The van der Waals surface area contributed by atoms with Gasteiger partial charge < -0.3 is 0 Å². The van der Waals surface area contributed by atoms with Gasteiger partial charge in [0.25, 0.3) is 0 Å². The minimum absolute atomic E-state index is 0.186. The molecule has 1 fully saturated rings. The predicted octanol–water partition coefficient (Wildman–Crippen LogP) is 2.80. The lowest BCUT2D eigenvalue weighted by atomic mass is 9.75. The van der Waals surface area contributed by atoms with Crippen LogP contribution in [0.4, 0.5) is 0 Å². The topological polar surface area (TPSA) is 0 Å². The summed E-state index contributed by atoms with van der Waals surface area (Å²) in [7, 11) is 0. The van der Waals surface area contributed by atoms with Crippen molar-refractivity contribution in [3.05, 3.63) is 12.2 Å². The van der Waals surface area contributed by atoms with Crippen molar-refractivity contribution >= 4 is 23.2 Å². The van der Waals surface area contributed by atoms with Crippen molar-refractivity contribution in [1.29, 1.82) is 0 Å². The van der Waals surface area contributed by atoms with E-state index in [9.17, 15) is 0 Å². The van der Waals surface area contributed by atoms with E-state index in [1.165, 1.54) is 12.8 Å². The van der Waals surface area contributed by atoms with E-state index >= 15 is 0 Å². The van der Waals surface area contributed by atoms with Gasteiger partial charge in [0.1, 0.15) is 0 Å². The molecular weight excluding hydrogens is 167 g/mol. The molecule has 10 heavy (non-hydrogen) atoms. The van der Waals surface area contributed by atoms with Gasteiger partial charge in [-0.15, -0.1) is 23.2 Å². The van der Waals surface area contributed by atoms with Crippen LogP contribution in [0.3, 0.4) is 0 Å². The van der Waals surface area contributed by atoms with Gasteiger partial charge in [-0.3, -0.25) is 0 Å². The summed E-state index contributed by atoms with van der Waals surface area (Å²) in [5.41, 5.74) is 0. The monoisotopic (exact) mass is 176 g/mol. The molecule has 56 valence electrons. The van der Waals surface area contributed by atoms with Gasteiger partial charge in [-0.2, -0.15) is 0 Å². The van der Waals surface area contributed by atoms with Gasteiger partial charge in [-0.05, 0) is 24.7 Å². The van der Waals surface area contributed by atoms with E-state index in [0.717, 1.165) is 0 Å². The molecule has 0 N–H and O–H groups in total. The number of fused-ring (bicyclic) bond motifs is 2. The number of halogens is 2. The maximum absolute atomic E-state index is 6.08. The summed E-state index contributed by atoms with van der Waals surface area (Å²) in [5.74, 6) is 1.10. The van der Waals surface area contributed by atoms with Gasteiger partial charge in [0, 0.05) is 0 Å². The van der Waals surface area contributed by atoms with Crippen molar-refractivity contribution in [3.63, 3.8) is 0 Å². The fourth-order valence-electron chi connectivity index (χ4n) is 1.87. The highest BCUT2D eigenvalue weighted by Crippen LogP contribution is 2.41. The highest BCUT2D eigenvalue weighted by molar-refractivity contribution is 6.30. The summed E-state index contributed by atoms with van der Waals surface area (Å²) in [6.07, 6.45) is 6.92. The zero-order valence-corrected chi connectivity index (χ0v) is 7.15.